The molecule has 0 fully saturated rings. The summed E-state index contributed by atoms with van der Waals surface area (Å²) < 4.78 is 5.09. The number of hydrogen-bond donors (Lipinski definition) is 1. The SMILES string of the molecule is CN(Cc1ccc(CCC(C)(C)O)cc1)Cc1ccoc1. The molecule has 0 radical (unpaired) electrons. The van der Waals surface area contributed by atoms with Crippen molar-refractivity contribution >= 4 is 0 Å². The van der Waals surface area contributed by atoms with E-state index in [-0.39, 0.29) is 0 Å². The summed E-state index contributed by atoms with van der Waals surface area (Å²) in [4.78, 5) is 2.26. The van der Waals surface area contributed by atoms with Gasteiger partial charge in [0.25, 0.3) is 0 Å². The lowest BCUT2D eigenvalue weighted by Crippen LogP contribution is -2.19. The minimum Gasteiger partial charge on any atom is -0.472 e. The Balaban J connectivity index is 1.84. The summed E-state index contributed by atoms with van der Waals surface area (Å²) in [6.07, 6.45) is 5.19. The maximum atomic E-state index is 9.76. The maximum Gasteiger partial charge on any atom is 0.0947 e. The fourth-order valence-corrected chi connectivity index (χ4v) is 2.32. The van der Waals surface area contributed by atoms with Gasteiger partial charge in [0, 0.05) is 18.7 Å². The topological polar surface area (TPSA) is 36.6 Å². The molecule has 3 nitrogen and oxygen atoms in total. The standard InChI is InChI=1S/C18H25NO2/c1-18(2,20)10-8-15-4-6-16(7-5-15)12-19(3)13-17-9-11-21-14-17/h4-7,9,11,14,20H,8,10,12-13H2,1-3H3. The zero-order valence-electron chi connectivity index (χ0n) is 13.2. The van der Waals surface area contributed by atoms with Crippen molar-refractivity contribution in [3.8, 4) is 0 Å². The molecule has 1 N–H and O–H groups in total. The van der Waals surface area contributed by atoms with Crippen molar-refractivity contribution in [3.63, 3.8) is 0 Å². The Morgan fingerprint density at radius 3 is 2.19 bits per heavy atom. The third-order valence-corrected chi connectivity index (χ3v) is 3.53. The summed E-state index contributed by atoms with van der Waals surface area (Å²) in [5.41, 5.74) is 3.18. The molecule has 114 valence electrons. The van der Waals surface area contributed by atoms with E-state index in [1.807, 2.05) is 19.9 Å². The van der Waals surface area contributed by atoms with E-state index in [9.17, 15) is 5.11 Å². The molecule has 0 aliphatic heterocycles. The molecule has 1 aromatic heterocycles. The number of nitrogens with zero attached hydrogens (tertiary/aromatic N) is 1. The van der Waals surface area contributed by atoms with Crippen LogP contribution in [0.2, 0.25) is 0 Å². The third kappa shape index (κ3) is 5.74. The highest BCUT2D eigenvalue weighted by atomic mass is 16.3. The molecule has 21 heavy (non-hydrogen) atoms. The van der Waals surface area contributed by atoms with Crippen LogP contribution in [0.25, 0.3) is 0 Å². The van der Waals surface area contributed by atoms with Gasteiger partial charge < -0.3 is 9.52 Å². The second-order valence-corrected chi connectivity index (χ2v) is 6.43. The van der Waals surface area contributed by atoms with Gasteiger partial charge >= 0.3 is 0 Å². The quantitative estimate of drug-likeness (QED) is 0.845. The summed E-state index contributed by atoms with van der Waals surface area (Å²) in [7, 11) is 2.11. The lowest BCUT2D eigenvalue weighted by molar-refractivity contribution is 0.0714. The van der Waals surface area contributed by atoms with Gasteiger partial charge in [0.05, 0.1) is 18.1 Å². The lowest BCUT2D eigenvalue weighted by atomic mass is 9.98. The van der Waals surface area contributed by atoms with Crippen molar-refractivity contribution < 1.29 is 9.52 Å². The van der Waals surface area contributed by atoms with Crippen LogP contribution in [0, 0.1) is 0 Å². The Kier molecular flexibility index (Phi) is 5.21. The third-order valence-electron chi connectivity index (χ3n) is 3.53. The second kappa shape index (κ2) is 6.92. The second-order valence-electron chi connectivity index (χ2n) is 6.43. The number of aryl methyl sites for hydroxylation is 1. The van der Waals surface area contributed by atoms with E-state index >= 15 is 0 Å². The molecule has 0 saturated carbocycles. The van der Waals surface area contributed by atoms with Crippen LogP contribution in [-0.2, 0) is 19.5 Å². The van der Waals surface area contributed by atoms with Crippen LogP contribution in [0.15, 0.2) is 47.3 Å². The molecular weight excluding hydrogens is 262 g/mol. The van der Waals surface area contributed by atoms with Crippen molar-refractivity contribution in [2.45, 2.75) is 45.4 Å². The minimum atomic E-state index is -0.594. The highest BCUT2D eigenvalue weighted by molar-refractivity contribution is 5.23. The first-order chi connectivity index (χ1) is 9.92. The number of benzene rings is 1. The molecule has 0 aliphatic rings. The predicted molar refractivity (Wildman–Crippen MR) is 84.9 cm³/mol. The average Bonchev–Trinajstić information content (AvgIpc) is 2.89. The number of aliphatic hydroxyl groups is 1. The summed E-state index contributed by atoms with van der Waals surface area (Å²) in [6, 6.07) is 10.7. The molecule has 0 amide bonds. The predicted octanol–water partition coefficient (Wildman–Crippen LogP) is 3.62. The first kappa shape index (κ1) is 15.8. The van der Waals surface area contributed by atoms with E-state index in [0.29, 0.717) is 0 Å². The van der Waals surface area contributed by atoms with Crippen molar-refractivity contribution in [2.75, 3.05) is 7.05 Å². The summed E-state index contributed by atoms with van der Waals surface area (Å²) in [5.74, 6) is 0. The van der Waals surface area contributed by atoms with E-state index in [2.05, 4.69) is 36.2 Å². The van der Waals surface area contributed by atoms with Crippen molar-refractivity contribution in [3.05, 3.63) is 59.5 Å². The van der Waals surface area contributed by atoms with Gasteiger partial charge in [-0.3, -0.25) is 4.90 Å². The van der Waals surface area contributed by atoms with Crippen molar-refractivity contribution in [2.24, 2.45) is 0 Å². The van der Waals surface area contributed by atoms with Crippen LogP contribution in [-0.4, -0.2) is 22.7 Å². The molecule has 0 aliphatic carbocycles. The van der Waals surface area contributed by atoms with Gasteiger partial charge in [0.2, 0.25) is 0 Å². The van der Waals surface area contributed by atoms with Gasteiger partial charge in [0.15, 0.2) is 0 Å². The average molecular weight is 287 g/mol. The molecule has 0 spiro atoms. The van der Waals surface area contributed by atoms with Gasteiger partial charge in [-0.05, 0) is 50.9 Å². The summed E-state index contributed by atoms with van der Waals surface area (Å²) in [5, 5.41) is 9.76. The molecule has 2 rings (SSSR count). The molecule has 2 aromatic rings. The van der Waals surface area contributed by atoms with Crippen LogP contribution in [0.4, 0.5) is 0 Å². The van der Waals surface area contributed by atoms with Crippen LogP contribution >= 0.6 is 0 Å². The minimum absolute atomic E-state index is 0.594. The zero-order chi connectivity index (χ0) is 15.3. The van der Waals surface area contributed by atoms with Crippen LogP contribution in [0.5, 0.6) is 0 Å². The van der Waals surface area contributed by atoms with Gasteiger partial charge in [-0.15, -0.1) is 0 Å². The molecule has 3 heteroatoms. The Hall–Kier alpha value is -1.58. The summed E-state index contributed by atoms with van der Waals surface area (Å²) >= 11 is 0. The largest absolute Gasteiger partial charge is 0.472 e. The highest BCUT2D eigenvalue weighted by Crippen LogP contribution is 2.15. The number of rotatable bonds is 7. The molecular formula is C18H25NO2. The van der Waals surface area contributed by atoms with Gasteiger partial charge in [-0.25, -0.2) is 0 Å². The summed E-state index contributed by atoms with van der Waals surface area (Å²) in [6.45, 7) is 5.51. The van der Waals surface area contributed by atoms with E-state index < -0.39 is 5.60 Å². The van der Waals surface area contributed by atoms with Gasteiger partial charge in [0.1, 0.15) is 0 Å². The van der Waals surface area contributed by atoms with E-state index in [4.69, 9.17) is 4.42 Å². The fraction of sp³-hybridized carbons (Fsp3) is 0.444. The number of furan rings is 1. The fourth-order valence-electron chi connectivity index (χ4n) is 2.32. The Labute approximate surface area is 127 Å². The first-order valence-electron chi connectivity index (χ1n) is 7.42. The van der Waals surface area contributed by atoms with Crippen LogP contribution in [0.1, 0.15) is 37.0 Å². The highest BCUT2D eigenvalue weighted by Gasteiger charge is 2.12. The van der Waals surface area contributed by atoms with Crippen molar-refractivity contribution in [1.82, 2.24) is 4.90 Å². The maximum absolute atomic E-state index is 9.76. The molecule has 0 saturated heterocycles. The smallest absolute Gasteiger partial charge is 0.0947 e. The molecule has 1 aromatic carbocycles. The van der Waals surface area contributed by atoms with Crippen LogP contribution < -0.4 is 0 Å². The molecule has 0 unspecified atom stereocenters. The Bertz CT molecular complexity index is 523. The normalized spacial score (nSPS) is 12.0. The van der Waals surface area contributed by atoms with Crippen molar-refractivity contribution in [1.29, 1.82) is 0 Å². The van der Waals surface area contributed by atoms with Gasteiger partial charge in [-0.1, -0.05) is 24.3 Å². The monoisotopic (exact) mass is 287 g/mol. The number of hydrogen-bond acceptors (Lipinski definition) is 3. The Morgan fingerprint density at radius 1 is 1.00 bits per heavy atom. The van der Waals surface area contributed by atoms with Gasteiger partial charge in [-0.2, -0.15) is 0 Å². The van der Waals surface area contributed by atoms with E-state index in [0.717, 1.165) is 25.9 Å². The van der Waals surface area contributed by atoms with E-state index in [1.165, 1.54) is 16.7 Å². The van der Waals surface area contributed by atoms with E-state index in [1.54, 1.807) is 12.5 Å². The lowest BCUT2D eigenvalue weighted by Gasteiger charge is -2.17. The van der Waals surface area contributed by atoms with Crippen LogP contribution in [0.3, 0.4) is 0 Å². The zero-order valence-corrected chi connectivity index (χ0v) is 13.2. The first-order valence-corrected chi connectivity index (χ1v) is 7.42. The molecule has 1 heterocycles. The molecule has 0 bridgehead atoms. The molecule has 0 atom stereocenters. The Morgan fingerprint density at radius 2 is 1.62 bits per heavy atom.